The fourth-order valence-electron chi connectivity index (χ4n) is 3.11. The number of hydrogen-bond donors (Lipinski definition) is 2. The molecule has 0 radical (unpaired) electrons. The molecule has 0 spiro atoms. The minimum Gasteiger partial charge on any atom is -0.351 e. The summed E-state index contributed by atoms with van der Waals surface area (Å²) in [4.78, 5) is 36.8. The second kappa shape index (κ2) is 9.91. The van der Waals surface area contributed by atoms with E-state index in [0.717, 1.165) is 0 Å². The Kier molecular flexibility index (Phi) is 7.31. The average molecular weight is 515 g/mol. The number of halogens is 6. The van der Waals surface area contributed by atoms with Gasteiger partial charge in [-0.1, -0.05) is 0 Å². The number of hydrogen-bond acceptors (Lipinski definition) is 6. The summed E-state index contributed by atoms with van der Waals surface area (Å²) in [6.45, 7) is 5.03. The van der Waals surface area contributed by atoms with E-state index in [0.29, 0.717) is 18.7 Å². The summed E-state index contributed by atoms with van der Waals surface area (Å²) in [5.41, 5.74) is -4.03. The highest BCUT2D eigenvalue weighted by Gasteiger charge is 2.37. The molecule has 15 heteroatoms. The molecule has 0 saturated heterocycles. The lowest BCUT2D eigenvalue weighted by molar-refractivity contribution is -0.143. The average Bonchev–Trinajstić information content (AvgIpc) is 3.19. The van der Waals surface area contributed by atoms with Crippen LogP contribution >= 0.6 is 0 Å². The van der Waals surface area contributed by atoms with E-state index in [1.807, 2.05) is 0 Å². The van der Waals surface area contributed by atoms with Crippen molar-refractivity contribution < 1.29 is 35.9 Å². The second-order valence-corrected chi connectivity index (χ2v) is 7.54. The summed E-state index contributed by atoms with van der Waals surface area (Å²) in [5, 5.41) is 9.02. The summed E-state index contributed by atoms with van der Waals surface area (Å²) in [6, 6.07) is -0.423. The quantitative estimate of drug-likeness (QED) is 0.485. The molecule has 1 atom stereocenters. The van der Waals surface area contributed by atoms with Crippen LogP contribution in [0.1, 0.15) is 63.5 Å². The molecule has 1 aromatic carbocycles. The van der Waals surface area contributed by atoms with Crippen molar-refractivity contribution >= 4 is 11.8 Å². The van der Waals surface area contributed by atoms with Gasteiger partial charge in [0.1, 0.15) is 11.5 Å². The second-order valence-electron chi connectivity index (χ2n) is 7.54. The Balaban J connectivity index is 1.90. The van der Waals surface area contributed by atoms with Gasteiger partial charge in [0.15, 0.2) is 11.6 Å². The predicted octanol–water partition coefficient (Wildman–Crippen LogP) is 3.64. The molecule has 2 heterocycles. The van der Waals surface area contributed by atoms with Gasteiger partial charge in [-0.3, -0.25) is 9.59 Å². The minimum absolute atomic E-state index is 0.0327. The molecule has 192 valence electrons. The van der Waals surface area contributed by atoms with E-state index in [2.05, 4.69) is 30.7 Å². The molecule has 0 aliphatic rings. The molecule has 2 aromatic heterocycles. The third kappa shape index (κ3) is 5.95. The molecule has 2 N–H and O–H groups in total. The zero-order valence-electron chi connectivity index (χ0n) is 19.0. The van der Waals surface area contributed by atoms with Crippen LogP contribution in [0.3, 0.4) is 0 Å². The fraction of sp³-hybridized carbons (Fsp3) is 0.333. The van der Waals surface area contributed by atoms with E-state index in [4.69, 9.17) is 0 Å². The maximum Gasteiger partial charge on any atom is 0.416 e. The van der Waals surface area contributed by atoms with Gasteiger partial charge in [0, 0.05) is 12.1 Å². The highest BCUT2D eigenvalue weighted by atomic mass is 19.4. The van der Waals surface area contributed by atoms with Crippen molar-refractivity contribution in [1.29, 1.82) is 0 Å². The maximum atomic E-state index is 13.1. The van der Waals surface area contributed by atoms with E-state index >= 15 is 0 Å². The zero-order valence-corrected chi connectivity index (χ0v) is 19.0. The van der Waals surface area contributed by atoms with Crippen LogP contribution in [0.4, 0.5) is 26.3 Å². The molecule has 3 rings (SSSR count). The van der Waals surface area contributed by atoms with Crippen LogP contribution in [0.15, 0.2) is 30.6 Å². The molecule has 9 nitrogen and oxygen atoms in total. The van der Waals surface area contributed by atoms with Crippen molar-refractivity contribution in [3.8, 4) is 5.82 Å². The van der Waals surface area contributed by atoms with Crippen LogP contribution in [-0.4, -0.2) is 43.1 Å². The first kappa shape index (κ1) is 26.6. The van der Waals surface area contributed by atoms with Crippen molar-refractivity contribution in [3.05, 3.63) is 64.6 Å². The Labute approximate surface area is 200 Å². The molecule has 36 heavy (non-hydrogen) atoms. The Bertz CT molecular complexity index is 1240. The topological polar surface area (TPSA) is 115 Å². The molecule has 0 fully saturated rings. The molecule has 2 amide bonds. The van der Waals surface area contributed by atoms with Gasteiger partial charge in [-0.2, -0.15) is 31.0 Å². The lowest BCUT2D eigenvalue weighted by atomic mass is 10.0. The molecule has 0 bridgehead atoms. The molecule has 0 aliphatic heterocycles. The molecular weight excluding hydrogens is 496 g/mol. The number of nitrogens with one attached hydrogen (secondary N) is 2. The van der Waals surface area contributed by atoms with Gasteiger partial charge in [-0.05, 0) is 39.0 Å². The molecule has 0 aliphatic carbocycles. The normalized spacial score (nSPS) is 12.8. The van der Waals surface area contributed by atoms with E-state index in [1.165, 1.54) is 30.9 Å². The number of benzene rings is 1. The summed E-state index contributed by atoms with van der Waals surface area (Å²) < 4.78 is 80.0. The summed E-state index contributed by atoms with van der Waals surface area (Å²) >= 11 is 0. The predicted molar refractivity (Wildman–Crippen MR) is 112 cm³/mol. The highest BCUT2D eigenvalue weighted by Crippen LogP contribution is 2.36. The van der Waals surface area contributed by atoms with Crippen molar-refractivity contribution in [2.45, 2.75) is 39.2 Å². The molecule has 0 unspecified atom stereocenters. The van der Waals surface area contributed by atoms with Crippen LogP contribution in [0.5, 0.6) is 0 Å². The first-order chi connectivity index (χ1) is 16.7. The number of amides is 2. The standard InChI is InChI=1S/C21H19F6N7O2/c1-4-28-19(36)15-8-30-16(9-29-15)34-17(32-11(3)33-34)10(2)31-18(35)12-5-13(20(22,23)24)7-14(6-12)21(25,26)27/h5-10H,4H2,1-3H3,(H,28,36)(H,31,35)/t10-/m0/s1. The number of aromatic nitrogens is 5. The van der Waals surface area contributed by atoms with Gasteiger partial charge < -0.3 is 10.6 Å². The first-order valence-corrected chi connectivity index (χ1v) is 10.3. The Morgan fingerprint density at radius 1 is 0.972 bits per heavy atom. The van der Waals surface area contributed by atoms with Crippen molar-refractivity contribution in [3.63, 3.8) is 0 Å². The number of nitrogens with zero attached hydrogens (tertiary/aromatic N) is 5. The third-order valence-corrected chi connectivity index (χ3v) is 4.75. The van der Waals surface area contributed by atoms with E-state index < -0.39 is 46.9 Å². The monoisotopic (exact) mass is 515 g/mol. The zero-order chi connectivity index (χ0) is 26.8. The number of alkyl halides is 6. The van der Waals surface area contributed by atoms with Crippen molar-refractivity contribution in [1.82, 2.24) is 35.4 Å². The van der Waals surface area contributed by atoms with Crippen LogP contribution in [0.2, 0.25) is 0 Å². The summed E-state index contributed by atoms with van der Waals surface area (Å²) in [7, 11) is 0. The highest BCUT2D eigenvalue weighted by molar-refractivity contribution is 5.95. The van der Waals surface area contributed by atoms with Gasteiger partial charge in [-0.25, -0.2) is 15.0 Å². The summed E-state index contributed by atoms with van der Waals surface area (Å²) in [5.74, 6) is -1.23. The van der Waals surface area contributed by atoms with Crippen LogP contribution in [0.25, 0.3) is 5.82 Å². The number of carbonyl (C=O) groups excluding carboxylic acids is 2. The number of rotatable bonds is 6. The van der Waals surface area contributed by atoms with Gasteiger partial charge in [0.25, 0.3) is 11.8 Å². The van der Waals surface area contributed by atoms with Gasteiger partial charge in [0.05, 0.1) is 29.6 Å². The first-order valence-electron chi connectivity index (χ1n) is 10.3. The molecular formula is C21H19F6N7O2. The third-order valence-electron chi connectivity index (χ3n) is 4.75. The van der Waals surface area contributed by atoms with E-state index in [-0.39, 0.29) is 29.2 Å². The van der Waals surface area contributed by atoms with Crippen LogP contribution < -0.4 is 10.6 Å². The van der Waals surface area contributed by atoms with Gasteiger partial charge in [-0.15, -0.1) is 5.10 Å². The van der Waals surface area contributed by atoms with Crippen molar-refractivity contribution in [2.75, 3.05) is 6.54 Å². The molecule has 0 saturated carbocycles. The van der Waals surface area contributed by atoms with Gasteiger partial charge in [0.2, 0.25) is 0 Å². The molecule has 3 aromatic rings. The van der Waals surface area contributed by atoms with E-state index in [1.54, 1.807) is 6.92 Å². The van der Waals surface area contributed by atoms with Crippen LogP contribution in [-0.2, 0) is 12.4 Å². The number of aryl methyl sites for hydroxylation is 1. The maximum absolute atomic E-state index is 13.1. The Morgan fingerprint density at radius 3 is 2.08 bits per heavy atom. The minimum atomic E-state index is -5.10. The van der Waals surface area contributed by atoms with Gasteiger partial charge >= 0.3 is 12.4 Å². The summed E-state index contributed by atoms with van der Waals surface area (Å²) in [6.07, 6.45) is -7.79. The van der Waals surface area contributed by atoms with Crippen molar-refractivity contribution in [2.24, 2.45) is 0 Å². The largest absolute Gasteiger partial charge is 0.416 e. The smallest absolute Gasteiger partial charge is 0.351 e. The lowest BCUT2D eigenvalue weighted by Crippen LogP contribution is -2.29. The fourth-order valence-corrected chi connectivity index (χ4v) is 3.11. The Morgan fingerprint density at radius 2 is 1.58 bits per heavy atom. The number of carbonyl (C=O) groups is 2. The Hall–Kier alpha value is -4.04. The SMILES string of the molecule is CCNC(=O)c1cnc(-n2nc(C)nc2[C@H](C)NC(=O)c2cc(C(F)(F)F)cc(C(F)(F)F)c2)cn1. The van der Waals surface area contributed by atoms with E-state index in [9.17, 15) is 35.9 Å². The van der Waals surface area contributed by atoms with Crippen LogP contribution in [0, 0.1) is 6.92 Å². The lowest BCUT2D eigenvalue weighted by Gasteiger charge is -2.17.